The third-order valence-corrected chi connectivity index (χ3v) is 5.93. The molecule has 1 aliphatic heterocycles. The van der Waals surface area contributed by atoms with Gasteiger partial charge in [-0.05, 0) is 37.3 Å². The average Bonchev–Trinajstić information content (AvgIpc) is 3.02. The highest BCUT2D eigenvalue weighted by Crippen LogP contribution is 2.39. The number of rotatable bonds is 2. The van der Waals surface area contributed by atoms with Gasteiger partial charge in [-0.25, -0.2) is 13.6 Å². The first-order valence-corrected chi connectivity index (χ1v) is 8.90. The number of carbonyl (C=O) groups excluding carboxylic acids is 1. The molecule has 0 radical (unpaired) electrons. The Hall–Kier alpha value is -0.820. The number of amides is 1. The summed E-state index contributed by atoms with van der Waals surface area (Å²) in [6.07, 6.45) is 3.13. The highest BCUT2D eigenvalue weighted by molar-refractivity contribution is 7.89. The first-order valence-electron chi connectivity index (χ1n) is 6.60. The lowest BCUT2D eigenvalue weighted by Gasteiger charge is -2.27. The number of nitrogens with two attached hydrogens (primary N) is 1. The summed E-state index contributed by atoms with van der Waals surface area (Å²) in [5, 5.41) is 5.18. The molecule has 2 aliphatic rings. The van der Waals surface area contributed by atoms with Crippen molar-refractivity contribution in [1.82, 2.24) is 4.90 Å². The molecule has 0 spiro atoms. The molecule has 1 heterocycles. The number of sulfonamides is 1. The van der Waals surface area contributed by atoms with Gasteiger partial charge in [0.05, 0.1) is 20.5 Å². The van der Waals surface area contributed by atoms with Crippen LogP contribution < -0.4 is 5.14 Å². The van der Waals surface area contributed by atoms with Gasteiger partial charge in [0.2, 0.25) is 10.0 Å². The van der Waals surface area contributed by atoms with Gasteiger partial charge in [0.1, 0.15) is 0 Å². The molecule has 2 unspecified atom stereocenters. The SMILES string of the molecule is NS(=O)(=O)c1cc(Cl)c(Cl)c(C(=O)N2CC3CCC2C3)c1. The van der Waals surface area contributed by atoms with Gasteiger partial charge in [0, 0.05) is 12.6 Å². The fourth-order valence-electron chi connectivity index (χ4n) is 3.21. The average molecular weight is 349 g/mol. The number of likely N-dealkylation sites (tertiary alicyclic amines) is 1. The van der Waals surface area contributed by atoms with Crippen LogP contribution in [-0.4, -0.2) is 31.8 Å². The van der Waals surface area contributed by atoms with E-state index in [-0.39, 0.29) is 32.5 Å². The van der Waals surface area contributed by atoms with Gasteiger partial charge in [-0.1, -0.05) is 23.2 Å². The quantitative estimate of drug-likeness (QED) is 0.889. The first kappa shape index (κ1) is 15.1. The lowest BCUT2D eigenvalue weighted by atomic mass is 10.1. The third-order valence-electron chi connectivity index (χ3n) is 4.23. The van der Waals surface area contributed by atoms with Gasteiger partial charge < -0.3 is 4.90 Å². The minimum absolute atomic E-state index is 0.0101. The number of piperidine rings is 1. The number of halogens is 2. The van der Waals surface area contributed by atoms with E-state index in [1.54, 1.807) is 4.90 Å². The van der Waals surface area contributed by atoms with E-state index in [0.717, 1.165) is 25.3 Å². The van der Waals surface area contributed by atoms with Crippen LogP contribution in [0.1, 0.15) is 29.6 Å². The Bertz CT molecular complexity index is 720. The molecule has 2 bridgehead atoms. The van der Waals surface area contributed by atoms with Crippen molar-refractivity contribution in [2.45, 2.75) is 30.2 Å². The van der Waals surface area contributed by atoms with Crippen LogP contribution in [0, 0.1) is 5.92 Å². The molecule has 1 saturated heterocycles. The predicted octanol–water partition coefficient (Wildman–Crippen LogP) is 2.27. The largest absolute Gasteiger partial charge is 0.335 e. The van der Waals surface area contributed by atoms with Crippen LogP contribution in [0.3, 0.4) is 0 Å². The second kappa shape index (κ2) is 5.12. The molecule has 1 aliphatic carbocycles. The Balaban J connectivity index is 2.01. The highest BCUT2D eigenvalue weighted by atomic mass is 35.5. The number of primary sulfonamides is 1. The maximum absolute atomic E-state index is 12.6. The molecule has 8 heteroatoms. The molecular weight excluding hydrogens is 335 g/mol. The minimum Gasteiger partial charge on any atom is -0.335 e. The summed E-state index contributed by atoms with van der Waals surface area (Å²) in [7, 11) is -3.95. The molecule has 5 nitrogen and oxygen atoms in total. The lowest BCUT2D eigenvalue weighted by molar-refractivity contribution is 0.0703. The van der Waals surface area contributed by atoms with Crippen LogP contribution in [0.15, 0.2) is 17.0 Å². The zero-order valence-corrected chi connectivity index (χ0v) is 13.4. The van der Waals surface area contributed by atoms with E-state index in [1.807, 2.05) is 0 Å². The van der Waals surface area contributed by atoms with Crippen LogP contribution in [0.25, 0.3) is 0 Å². The van der Waals surface area contributed by atoms with Gasteiger partial charge >= 0.3 is 0 Å². The number of carbonyl (C=O) groups is 1. The van der Waals surface area contributed by atoms with E-state index in [2.05, 4.69) is 0 Å². The van der Waals surface area contributed by atoms with Gasteiger partial charge in [-0.3, -0.25) is 4.79 Å². The molecule has 3 rings (SSSR count). The first-order chi connectivity index (χ1) is 9.77. The molecule has 1 amide bonds. The van der Waals surface area contributed by atoms with E-state index in [1.165, 1.54) is 6.07 Å². The van der Waals surface area contributed by atoms with E-state index in [4.69, 9.17) is 28.3 Å². The van der Waals surface area contributed by atoms with Crippen molar-refractivity contribution >= 4 is 39.1 Å². The molecule has 1 aromatic carbocycles. The van der Waals surface area contributed by atoms with Crippen molar-refractivity contribution in [3.63, 3.8) is 0 Å². The van der Waals surface area contributed by atoms with Crippen molar-refractivity contribution in [1.29, 1.82) is 0 Å². The summed E-state index contributed by atoms with van der Waals surface area (Å²) >= 11 is 12.0. The summed E-state index contributed by atoms with van der Waals surface area (Å²) in [4.78, 5) is 14.2. The molecule has 1 saturated carbocycles. The van der Waals surface area contributed by atoms with Crippen LogP contribution in [0.2, 0.25) is 10.0 Å². The molecular formula is C13H14Cl2N2O3S. The Morgan fingerprint density at radius 3 is 2.52 bits per heavy atom. The summed E-state index contributed by atoms with van der Waals surface area (Å²) < 4.78 is 22.9. The number of hydrogen-bond donors (Lipinski definition) is 1. The molecule has 1 aromatic rings. The fraction of sp³-hybridized carbons (Fsp3) is 0.462. The Labute approximate surface area is 133 Å². The Kier molecular flexibility index (Phi) is 3.68. The van der Waals surface area contributed by atoms with Crippen LogP contribution in [-0.2, 0) is 10.0 Å². The van der Waals surface area contributed by atoms with E-state index < -0.39 is 10.0 Å². The van der Waals surface area contributed by atoms with Gasteiger partial charge in [-0.15, -0.1) is 0 Å². The predicted molar refractivity (Wildman–Crippen MR) is 80.0 cm³/mol. The fourth-order valence-corrected chi connectivity index (χ4v) is 4.25. The molecule has 114 valence electrons. The normalized spacial score (nSPS) is 24.6. The minimum atomic E-state index is -3.95. The van der Waals surface area contributed by atoms with Crippen molar-refractivity contribution in [2.24, 2.45) is 11.1 Å². The molecule has 2 N–H and O–H groups in total. The maximum atomic E-state index is 12.6. The van der Waals surface area contributed by atoms with Crippen LogP contribution in [0.5, 0.6) is 0 Å². The zero-order chi connectivity index (χ0) is 15.4. The van der Waals surface area contributed by atoms with Crippen molar-refractivity contribution in [3.05, 3.63) is 27.7 Å². The summed E-state index contributed by atoms with van der Waals surface area (Å²) in [5.74, 6) is 0.259. The van der Waals surface area contributed by atoms with Crippen LogP contribution >= 0.6 is 23.2 Å². The Morgan fingerprint density at radius 2 is 2.00 bits per heavy atom. The smallest absolute Gasteiger partial charge is 0.255 e. The topological polar surface area (TPSA) is 80.5 Å². The van der Waals surface area contributed by atoms with Gasteiger partial charge in [-0.2, -0.15) is 0 Å². The van der Waals surface area contributed by atoms with Crippen molar-refractivity contribution in [2.75, 3.05) is 6.54 Å². The monoisotopic (exact) mass is 348 g/mol. The highest BCUT2D eigenvalue weighted by Gasteiger charge is 2.41. The van der Waals surface area contributed by atoms with Crippen molar-refractivity contribution in [3.8, 4) is 0 Å². The number of benzene rings is 1. The van der Waals surface area contributed by atoms with E-state index in [0.29, 0.717) is 12.5 Å². The van der Waals surface area contributed by atoms with E-state index >= 15 is 0 Å². The molecule has 2 atom stereocenters. The summed E-state index contributed by atoms with van der Waals surface area (Å²) in [6, 6.07) is 2.58. The Morgan fingerprint density at radius 1 is 1.29 bits per heavy atom. The van der Waals surface area contributed by atoms with Crippen molar-refractivity contribution < 1.29 is 13.2 Å². The number of fused-ring (bicyclic) bond motifs is 2. The van der Waals surface area contributed by atoms with E-state index in [9.17, 15) is 13.2 Å². The van der Waals surface area contributed by atoms with Crippen LogP contribution in [0.4, 0.5) is 0 Å². The summed E-state index contributed by atoms with van der Waals surface area (Å²) in [6.45, 7) is 0.692. The summed E-state index contributed by atoms with van der Waals surface area (Å²) in [5.41, 5.74) is 0.0979. The number of nitrogens with zero attached hydrogens (tertiary/aromatic N) is 1. The molecule has 0 aromatic heterocycles. The molecule has 21 heavy (non-hydrogen) atoms. The number of hydrogen-bond acceptors (Lipinski definition) is 3. The zero-order valence-electron chi connectivity index (χ0n) is 11.1. The van der Waals surface area contributed by atoms with Gasteiger partial charge in [0.25, 0.3) is 5.91 Å². The standard InChI is InChI=1S/C13H14Cl2N2O3S/c14-11-5-9(21(16,19)20)4-10(12(11)15)13(18)17-6-7-1-2-8(17)3-7/h4-5,7-8H,1-3,6H2,(H2,16,19,20). The maximum Gasteiger partial charge on any atom is 0.255 e. The second-order valence-corrected chi connectivity index (χ2v) is 7.95. The lowest BCUT2D eigenvalue weighted by Crippen LogP contribution is -2.37. The second-order valence-electron chi connectivity index (χ2n) is 5.60. The third kappa shape index (κ3) is 2.65. The van der Waals surface area contributed by atoms with Gasteiger partial charge in [0.15, 0.2) is 0 Å². The molecule has 2 fully saturated rings.